The van der Waals surface area contributed by atoms with E-state index in [0.29, 0.717) is 42.4 Å². The van der Waals surface area contributed by atoms with Crippen LogP contribution in [0.3, 0.4) is 0 Å². The van der Waals surface area contributed by atoms with Crippen LogP contribution in [0.15, 0.2) is 67.0 Å². The quantitative estimate of drug-likeness (QED) is 0.498. The zero-order valence-corrected chi connectivity index (χ0v) is 18.7. The van der Waals surface area contributed by atoms with E-state index in [1.807, 2.05) is 36.4 Å². The number of hydrogen-bond acceptors (Lipinski definition) is 6. The van der Waals surface area contributed by atoms with Gasteiger partial charge in [-0.2, -0.15) is 15.5 Å². The molecular formula is C25H23N7O2. The fourth-order valence-electron chi connectivity index (χ4n) is 3.89. The van der Waals surface area contributed by atoms with Gasteiger partial charge >= 0.3 is 0 Å². The van der Waals surface area contributed by atoms with Crippen LogP contribution in [0.4, 0.5) is 5.69 Å². The number of carbonyl (C=O) groups is 1. The van der Waals surface area contributed by atoms with Gasteiger partial charge in [0.1, 0.15) is 5.69 Å². The molecule has 0 unspecified atom stereocenters. The zero-order chi connectivity index (χ0) is 23.5. The van der Waals surface area contributed by atoms with Gasteiger partial charge in [0.2, 0.25) is 11.8 Å². The predicted molar refractivity (Wildman–Crippen MR) is 127 cm³/mol. The maximum atomic E-state index is 12.5. The molecule has 0 aliphatic carbocycles. The Kier molecular flexibility index (Phi) is 5.81. The Morgan fingerprint density at radius 2 is 1.97 bits per heavy atom. The number of aromatic nitrogens is 4. The number of hydrogen-bond donors (Lipinski definition) is 1. The van der Waals surface area contributed by atoms with Gasteiger partial charge in [-0.1, -0.05) is 30.3 Å². The molecule has 0 spiro atoms. The molecular weight excluding hydrogens is 430 g/mol. The van der Waals surface area contributed by atoms with Crippen LogP contribution in [0.5, 0.6) is 11.6 Å². The molecule has 0 atom stereocenters. The van der Waals surface area contributed by atoms with Crippen molar-refractivity contribution in [3.05, 3.63) is 72.6 Å². The number of carbonyl (C=O) groups excluding carboxylic acids is 1. The number of nitrogens with zero attached hydrogens (tertiary/aromatic N) is 6. The summed E-state index contributed by atoms with van der Waals surface area (Å²) in [7, 11) is 1.81. The minimum atomic E-state index is 0.0594. The molecule has 2 aromatic heterocycles. The average Bonchev–Trinajstić information content (AvgIpc) is 3.42. The molecule has 0 radical (unpaired) electrons. The molecule has 9 heteroatoms. The van der Waals surface area contributed by atoms with Crippen molar-refractivity contribution in [2.75, 3.05) is 24.5 Å². The van der Waals surface area contributed by atoms with Crippen molar-refractivity contribution in [1.82, 2.24) is 24.9 Å². The van der Waals surface area contributed by atoms with E-state index in [4.69, 9.17) is 4.74 Å². The van der Waals surface area contributed by atoms with Gasteiger partial charge in [-0.15, -0.1) is 0 Å². The first-order chi connectivity index (χ1) is 16.6. The summed E-state index contributed by atoms with van der Waals surface area (Å²) in [6.45, 7) is 1.98. The molecule has 1 N–H and O–H groups in total. The van der Waals surface area contributed by atoms with Crippen molar-refractivity contribution < 1.29 is 9.53 Å². The third-order valence-corrected chi connectivity index (χ3v) is 5.67. The number of benzene rings is 2. The van der Waals surface area contributed by atoms with Gasteiger partial charge < -0.3 is 15.0 Å². The Morgan fingerprint density at radius 3 is 2.79 bits per heavy atom. The van der Waals surface area contributed by atoms with E-state index in [1.165, 1.54) is 0 Å². The van der Waals surface area contributed by atoms with Crippen LogP contribution < -0.4 is 15.0 Å². The van der Waals surface area contributed by atoms with Gasteiger partial charge in [-0.25, -0.2) is 9.36 Å². The van der Waals surface area contributed by atoms with Crippen LogP contribution in [-0.4, -0.2) is 45.1 Å². The normalized spacial score (nSPS) is 14.0. The topological polar surface area (TPSA) is 101 Å². The molecule has 2 aromatic carbocycles. The lowest BCUT2D eigenvalue weighted by Crippen LogP contribution is -2.31. The lowest BCUT2D eigenvalue weighted by atomic mass is 10.2. The lowest BCUT2D eigenvalue weighted by Gasteiger charge is -2.17. The Balaban J connectivity index is 1.48. The van der Waals surface area contributed by atoms with E-state index >= 15 is 0 Å². The summed E-state index contributed by atoms with van der Waals surface area (Å²) in [6, 6.07) is 19.0. The van der Waals surface area contributed by atoms with E-state index in [2.05, 4.69) is 21.6 Å². The summed E-state index contributed by atoms with van der Waals surface area (Å²) in [5.74, 6) is 1.04. The summed E-state index contributed by atoms with van der Waals surface area (Å²) in [6.07, 6.45) is 3.92. The van der Waals surface area contributed by atoms with Gasteiger partial charge in [0.25, 0.3) is 0 Å². The Morgan fingerprint density at radius 1 is 1.12 bits per heavy atom. The average molecular weight is 454 g/mol. The number of ether oxygens (including phenoxy) is 1. The summed E-state index contributed by atoms with van der Waals surface area (Å²) in [5.41, 5.74) is 3.59. The van der Waals surface area contributed by atoms with E-state index in [0.717, 1.165) is 23.5 Å². The number of aryl methyl sites for hydroxylation is 1. The van der Waals surface area contributed by atoms with E-state index in [1.54, 1.807) is 51.9 Å². The molecule has 1 fully saturated rings. The predicted octanol–water partition coefficient (Wildman–Crippen LogP) is 3.26. The maximum absolute atomic E-state index is 12.5. The fourth-order valence-corrected chi connectivity index (χ4v) is 3.89. The Bertz CT molecular complexity index is 1370. The first-order valence-electron chi connectivity index (χ1n) is 11.0. The molecule has 1 aliphatic rings. The molecule has 9 nitrogen and oxygen atoms in total. The molecule has 0 bridgehead atoms. The Labute approximate surface area is 196 Å². The molecule has 1 amide bonds. The highest BCUT2D eigenvalue weighted by molar-refractivity contribution is 5.93. The number of rotatable bonds is 5. The van der Waals surface area contributed by atoms with Gasteiger partial charge in [-0.3, -0.25) is 4.79 Å². The van der Waals surface area contributed by atoms with Crippen molar-refractivity contribution in [2.45, 2.75) is 6.42 Å². The Hall–Kier alpha value is -4.42. The molecule has 1 saturated heterocycles. The third-order valence-electron chi connectivity index (χ3n) is 5.67. The largest absolute Gasteiger partial charge is 0.437 e. The third kappa shape index (κ3) is 4.27. The second kappa shape index (κ2) is 9.21. The van der Waals surface area contributed by atoms with Gasteiger partial charge in [0.05, 0.1) is 35.4 Å². The lowest BCUT2D eigenvalue weighted by molar-refractivity contribution is -0.118. The van der Waals surface area contributed by atoms with Gasteiger partial charge in [0, 0.05) is 50.8 Å². The number of nitrogens with one attached hydrogen (secondary N) is 1. The van der Waals surface area contributed by atoms with E-state index in [9.17, 15) is 10.1 Å². The number of amides is 1. The van der Waals surface area contributed by atoms with Crippen LogP contribution in [0.1, 0.15) is 12.0 Å². The van der Waals surface area contributed by atoms with Crippen LogP contribution in [0.2, 0.25) is 0 Å². The highest BCUT2D eigenvalue weighted by Gasteiger charge is 2.21. The minimum Gasteiger partial charge on any atom is -0.437 e. The fraction of sp³-hybridized carbons (Fsp3) is 0.200. The summed E-state index contributed by atoms with van der Waals surface area (Å²) in [5, 5.41) is 21.7. The smallest absolute Gasteiger partial charge is 0.228 e. The van der Waals surface area contributed by atoms with Crippen LogP contribution in [0.25, 0.3) is 16.9 Å². The maximum Gasteiger partial charge on any atom is 0.228 e. The van der Waals surface area contributed by atoms with E-state index < -0.39 is 0 Å². The molecule has 170 valence electrons. The number of anilines is 1. The first kappa shape index (κ1) is 21.4. The highest BCUT2D eigenvalue weighted by atomic mass is 16.5. The monoisotopic (exact) mass is 453 g/mol. The summed E-state index contributed by atoms with van der Waals surface area (Å²) in [4.78, 5) is 14.2. The minimum absolute atomic E-state index is 0.0594. The second-order valence-electron chi connectivity index (χ2n) is 7.94. The standard InChI is InChI=1S/C25H23N7O2/c1-30-25(14-21(29-30)19-5-3-2-4-6-19)34-23-13-18(15-26)7-8-22(23)32-17-20(16-28-32)31-12-11-27-10-9-24(31)33/h2-8,13-14,16-17,27H,9-12H2,1H3. The SMILES string of the molecule is Cn1nc(-c2ccccc2)cc1Oc1cc(C#N)ccc1-n1cc(N2CCNCCC2=O)cn1. The van der Waals surface area contributed by atoms with Crippen molar-refractivity contribution in [3.63, 3.8) is 0 Å². The second-order valence-corrected chi connectivity index (χ2v) is 7.94. The van der Waals surface area contributed by atoms with Crippen molar-refractivity contribution in [3.8, 4) is 34.6 Å². The molecule has 4 aromatic rings. The molecule has 0 saturated carbocycles. The van der Waals surface area contributed by atoms with Gasteiger partial charge in [-0.05, 0) is 12.1 Å². The van der Waals surface area contributed by atoms with E-state index in [-0.39, 0.29) is 5.91 Å². The summed E-state index contributed by atoms with van der Waals surface area (Å²) >= 11 is 0. The molecule has 1 aliphatic heterocycles. The zero-order valence-electron chi connectivity index (χ0n) is 18.7. The van der Waals surface area contributed by atoms with Crippen LogP contribution >= 0.6 is 0 Å². The van der Waals surface area contributed by atoms with Crippen LogP contribution in [0, 0.1) is 11.3 Å². The highest BCUT2D eigenvalue weighted by Crippen LogP contribution is 2.32. The number of nitriles is 1. The molecule has 3 heterocycles. The van der Waals surface area contributed by atoms with Crippen LogP contribution in [-0.2, 0) is 11.8 Å². The van der Waals surface area contributed by atoms with Gasteiger partial charge in [0.15, 0.2) is 5.75 Å². The molecule has 34 heavy (non-hydrogen) atoms. The van der Waals surface area contributed by atoms with Crippen molar-refractivity contribution in [2.24, 2.45) is 7.05 Å². The van der Waals surface area contributed by atoms with Crippen molar-refractivity contribution >= 4 is 11.6 Å². The first-order valence-corrected chi connectivity index (χ1v) is 11.0. The summed E-state index contributed by atoms with van der Waals surface area (Å²) < 4.78 is 9.55. The molecule has 5 rings (SSSR count). The van der Waals surface area contributed by atoms with Crippen molar-refractivity contribution in [1.29, 1.82) is 5.26 Å².